The van der Waals surface area contributed by atoms with E-state index in [1.54, 1.807) is 13.0 Å². The Balaban J connectivity index is 1.96. The van der Waals surface area contributed by atoms with Gasteiger partial charge in [-0.3, -0.25) is 9.59 Å². The predicted molar refractivity (Wildman–Crippen MR) is 74.1 cm³/mol. The topological polar surface area (TPSA) is 81.7 Å². The highest BCUT2D eigenvalue weighted by Crippen LogP contribution is 2.46. The third-order valence-corrected chi connectivity index (χ3v) is 4.29. The lowest BCUT2D eigenvalue weighted by atomic mass is 10.1. The Labute approximate surface area is 123 Å². The zero-order chi connectivity index (χ0) is 15.5. The van der Waals surface area contributed by atoms with E-state index in [4.69, 9.17) is 9.47 Å². The standard InChI is InChI=1S/C15H21NO5/c1-3-11-8-15(11,14(19)20-4-2)16-13(18)10-5-6-12(7-10)21-9-17/h3,9-12H,1,4-8H2,2H3,(H,16,18). The highest BCUT2D eigenvalue weighted by Gasteiger charge is 2.61. The molecule has 0 radical (unpaired) electrons. The van der Waals surface area contributed by atoms with Crippen LogP contribution in [0, 0.1) is 11.8 Å². The first-order valence-electron chi connectivity index (χ1n) is 7.28. The van der Waals surface area contributed by atoms with Gasteiger partial charge in [-0.1, -0.05) is 6.08 Å². The Morgan fingerprint density at radius 2 is 2.19 bits per heavy atom. The molecule has 4 unspecified atom stereocenters. The number of carbonyl (C=O) groups excluding carboxylic acids is 3. The summed E-state index contributed by atoms with van der Waals surface area (Å²) in [6.45, 7) is 6.11. The molecule has 6 heteroatoms. The summed E-state index contributed by atoms with van der Waals surface area (Å²) in [7, 11) is 0. The highest BCUT2D eigenvalue weighted by atomic mass is 16.5. The van der Waals surface area contributed by atoms with E-state index in [0.717, 1.165) is 0 Å². The molecule has 4 atom stereocenters. The zero-order valence-electron chi connectivity index (χ0n) is 12.2. The third kappa shape index (κ3) is 3.09. The molecule has 116 valence electrons. The second kappa shape index (κ2) is 6.28. The fourth-order valence-corrected chi connectivity index (χ4v) is 2.96. The minimum Gasteiger partial charge on any atom is -0.465 e. The van der Waals surface area contributed by atoms with Gasteiger partial charge in [0.25, 0.3) is 6.47 Å². The van der Waals surface area contributed by atoms with E-state index in [1.807, 2.05) is 0 Å². The van der Waals surface area contributed by atoms with Gasteiger partial charge in [-0.2, -0.15) is 0 Å². The van der Waals surface area contributed by atoms with Crippen LogP contribution in [-0.4, -0.2) is 36.6 Å². The van der Waals surface area contributed by atoms with Gasteiger partial charge in [0.2, 0.25) is 5.91 Å². The molecule has 0 aromatic carbocycles. The maximum Gasteiger partial charge on any atom is 0.332 e. The molecule has 6 nitrogen and oxygen atoms in total. The van der Waals surface area contributed by atoms with Crippen molar-refractivity contribution in [2.75, 3.05) is 6.61 Å². The van der Waals surface area contributed by atoms with Gasteiger partial charge in [-0.25, -0.2) is 4.79 Å². The van der Waals surface area contributed by atoms with Crippen LogP contribution in [0.1, 0.15) is 32.6 Å². The van der Waals surface area contributed by atoms with Crippen LogP contribution >= 0.6 is 0 Å². The second-order valence-corrected chi connectivity index (χ2v) is 5.59. The molecular formula is C15H21NO5. The molecular weight excluding hydrogens is 274 g/mol. The van der Waals surface area contributed by atoms with E-state index in [-0.39, 0.29) is 30.5 Å². The Kier molecular flexibility index (Phi) is 4.65. The summed E-state index contributed by atoms with van der Waals surface area (Å²) in [6, 6.07) is 0. The van der Waals surface area contributed by atoms with Crippen molar-refractivity contribution in [3.63, 3.8) is 0 Å². The molecule has 1 amide bonds. The summed E-state index contributed by atoms with van der Waals surface area (Å²) in [5.41, 5.74) is -0.946. The molecule has 0 aromatic rings. The number of amides is 1. The van der Waals surface area contributed by atoms with Gasteiger partial charge in [-0.05, 0) is 32.6 Å². The minimum absolute atomic E-state index is 0.0797. The van der Waals surface area contributed by atoms with Crippen molar-refractivity contribution >= 4 is 18.3 Å². The van der Waals surface area contributed by atoms with Crippen molar-refractivity contribution in [3.8, 4) is 0 Å². The fraction of sp³-hybridized carbons (Fsp3) is 0.667. The highest BCUT2D eigenvalue weighted by molar-refractivity contribution is 5.92. The normalized spacial score (nSPS) is 33.9. The van der Waals surface area contributed by atoms with Crippen LogP contribution in [0.2, 0.25) is 0 Å². The van der Waals surface area contributed by atoms with Crippen LogP contribution in [-0.2, 0) is 23.9 Å². The van der Waals surface area contributed by atoms with Gasteiger partial charge in [-0.15, -0.1) is 6.58 Å². The molecule has 2 fully saturated rings. The predicted octanol–water partition coefficient (Wildman–Crippen LogP) is 0.952. The average Bonchev–Trinajstić information content (AvgIpc) is 2.97. The smallest absolute Gasteiger partial charge is 0.332 e. The number of nitrogens with one attached hydrogen (secondary N) is 1. The van der Waals surface area contributed by atoms with Crippen LogP contribution in [0.25, 0.3) is 0 Å². The number of rotatable bonds is 7. The Bertz CT molecular complexity index is 449. The average molecular weight is 295 g/mol. The van der Waals surface area contributed by atoms with Gasteiger partial charge < -0.3 is 14.8 Å². The quantitative estimate of drug-likeness (QED) is 0.429. The molecule has 0 aliphatic heterocycles. The maximum absolute atomic E-state index is 12.3. The molecule has 0 aromatic heterocycles. The van der Waals surface area contributed by atoms with Crippen molar-refractivity contribution in [2.24, 2.45) is 11.8 Å². The largest absolute Gasteiger partial charge is 0.465 e. The van der Waals surface area contributed by atoms with Crippen molar-refractivity contribution in [2.45, 2.75) is 44.2 Å². The van der Waals surface area contributed by atoms with Crippen LogP contribution in [0.4, 0.5) is 0 Å². The summed E-state index contributed by atoms with van der Waals surface area (Å²) in [5, 5.41) is 2.83. The lowest BCUT2D eigenvalue weighted by Crippen LogP contribution is -2.47. The lowest BCUT2D eigenvalue weighted by Gasteiger charge is -2.19. The van der Waals surface area contributed by atoms with Crippen molar-refractivity contribution in [1.29, 1.82) is 0 Å². The van der Waals surface area contributed by atoms with Crippen LogP contribution in [0.15, 0.2) is 12.7 Å². The first-order valence-corrected chi connectivity index (χ1v) is 7.28. The number of carbonyl (C=O) groups is 3. The summed E-state index contributed by atoms with van der Waals surface area (Å²) in [5.74, 6) is -0.886. The van der Waals surface area contributed by atoms with Crippen molar-refractivity contribution in [3.05, 3.63) is 12.7 Å². The van der Waals surface area contributed by atoms with E-state index in [9.17, 15) is 14.4 Å². The lowest BCUT2D eigenvalue weighted by molar-refractivity contribution is -0.149. The van der Waals surface area contributed by atoms with E-state index < -0.39 is 11.5 Å². The Morgan fingerprint density at radius 1 is 1.43 bits per heavy atom. The first kappa shape index (κ1) is 15.5. The summed E-state index contributed by atoms with van der Waals surface area (Å²) in [4.78, 5) is 34.7. The SMILES string of the molecule is C=CC1CC1(NC(=O)C1CCC(OC=O)C1)C(=O)OCC. The zero-order valence-corrected chi connectivity index (χ0v) is 12.2. The third-order valence-electron chi connectivity index (χ3n) is 4.29. The summed E-state index contributed by atoms with van der Waals surface area (Å²) < 4.78 is 9.94. The van der Waals surface area contributed by atoms with Gasteiger partial charge in [0.05, 0.1) is 6.61 Å². The van der Waals surface area contributed by atoms with Crippen molar-refractivity contribution < 1.29 is 23.9 Å². The van der Waals surface area contributed by atoms with E-state index in [2.05, 4.69) is 11.9 Å². The molecule has 0 heterocycles. The number of hydrogen-bond donors (Lipinski definition) is 1. The Hall–Kier alpha value is -1.85. The fourth-order valence-electron chi connectivity index (χ4n) is 2.96. The number of hydrogen-bond acceptors (Lipinski definition) is 5. The van der Waals surface area contributed by atoms with Gasteiger partial charge in [0, 0.05) is 11.8 Å². The van der Waals surface area contributed by atoms with Gasteiger partial charge in [0.15, 0.2) is 0 Å². The minimum atomic E-state index is -0.946. The first-order chi connectivity index (χ1) is 10.1. The molecule has 2 aliphatic rings. The molecule has 2 aliphatic carbocycles. The molecule has 2 rings (SSSR count). The van der Waals surface area contributed by atoms with Crippen molar-refractivity contribution in [1.82, 2.24) is 5.32 Å². The van der Waals surface area contributed by atoms with E-state index in [0.29, 0.717) is 32.2 Å². The van der Waals surface area contributed by atoms with Gasteiger partial charge >= 0.3 is 5.97 Å². The number of esters is 1. The van der Waals surface area contributed by atoms with E-state index >= 15 is 0 Å². The Morgan fingerprint density at radius 3 is 2.76 bits per heavy atom. The van der Waals surface area contributed by atoms with Crippen LogP contribution in [0.3, 0.4) is 0 Å². The van der Waals surface area contributed by atoms with E-state index in [1.165, 1.54) is 0 Å². The molecule has 21 heavy (non-hydrogen) atoms. The molecule has 2 saturated carbocycles. The summed E-state index contributed by atoms with van der Waals surface area (Å²) in [6.07, 6.45) is 3.83. The second-order valence-electron chi connectivity index (χ2n) is 5.59. The monoisotopic (exact) mass is 295 g/mol. The molecule has 0 bridgehead atoms. The van der Waals surface area contributed by atoms with Crippen LogP contribution < -0.4 is 5.32 Å². The van der Waals surface area contributed by atoms with Crippen LogP contribution in [0.5, 0.6) is 0 Å². The molecule has 0 saturated heterocycles. The number of ether oxygens (including phenoxy) is 2. The molecule has 0 spiro atoms. The summed E-state index contributed by atoms with van der Waals surface area (Å²) >= 11 is 0. The molecule has 1 N–H and O–H groups in total. The van der Waals surface area contributed by atoms with Gasteiger partial charge in [0.1, 0.15) is 11.6 Å². The maximum atomic E-state index is 12.3.